The fourth-order valence-corrected chi connectivity index (χ4v) is 2.35. The van der Waals surface area contributed by atoms with Crippen molar-refractivity contribution < 1.29 is 28.4 Å². The average Bonchev–Trinajstić information content (AvgIpc) is 2.45. The number of nitrogens with one attached hydrogen (secondary N) is 1. The zero-order chi connectivity index (χ0) is 15.1. The molecule has 0 aromatic heterocycles. The van der Waals surface area contributed by atoms with Crippen LogP contribution in [0.1, 0.15) is 6.92 Å². The van der Waals surface area contributed by atoms with Crippen molar-refractivity contribution in [3.05, 3.63) is 12.4 Å². The van der Waals surface area contributed by atoms with Crippen LogP contribution >= 0.6 is 7.52 Å². The van der Waals surface area contributed by atoms with E-state index >= 15 is 0 Å². The monoisotopic (exact) mass is 311 g/mol. The topological polar surface area (TPSA) is 86.3 Å². The van der Waals surface area contributed by atoms with E-state index in [0.29, 0.717) is 52.8 Å². The van der Waals surface area contributed by atoms with Gasteiger partial charge in [-0.05, 0) is 6.92 Å². The average molecular weight is 311 g/mol. The van der Waals surface area contributed by atoms with Gasteiger partial charge in [0.25, 0.3) is 7.52 Å². The highest BCUT2D eigenvalue weighted by Crippen LogP contribution is 2.42. The molecule has 0 bridgehead atoms. The summed E-state index contributed by atoms with van der Waals surface area (Å²) < 4.78 is 32.5. The third-order valence-electron chi connectivity index (χ3n) is 2.12. The number of aliphatic hydroxyl groups is 1. The van der Waals surface area contributed by atoms with Gasteiger partial charge in [-0.15, -0.1) is 0 Å². The summed E-state index contributed by atoms with van der Waals surface area (Å²) in [6.45, 7) is 8.65. The molecule has 0 amide bonds. The molecule has 0 spiro atoms. The van der Waals surface area contributed by atoms with Gasteiger partial charge in [0.05, 0.1) is 52.9 Å². The second kappa shape index (κ2) is 13.7. The Kier molecular flexibility index (Phi) is 13.5. The van der Waals surface area contributed by atoms with E-state index < -0.39 is 7.52 Å². The molecule has 0 aromatic rings. The van der Waals surface area contributed by atoms with Crippen molar-refractivity contribution in [2.24, 2.45) is 0 Å². The van der Waals surface area contributed by atoms with Crippen LogP contribution in [0.3, 0.4) is 0 Å². The van der Waals surface area contributed by atoms with Gasteiger partial charge in [0.15, 0.2) is 0 Å². The molecule has 7 nitrogen and oxygen atoms in total. The third-order valence-corrected chi connectivity index (χ3v) is 3.91. The number of rotatable bonds is 15. The number of hydrogen-bond donors (Lipinski definition) is 2. The predicted molar refractivity (Wildman–Crippen MR) is 77.0 cm³/mol. The van der Waals surface area contributed by atoms with Crippen LogP contribution in [0.5, 0.6) is 0 Å². The molecule has 8 heteroatoms. The van der Waals surface area contributed by atoms with Gasteiger partial charge in [0.2, 0.25) is 0 Å². The lowest BCUT2D eigenvalue weighted by atomic mass is 10.7. The molecule has 0 aromatic carbocycles. The molecule has 20 heavy (non-hydrogen) atoms. The molecule has 0 radical (unpaired) electrons. The molecule has 1 unspecified atom stereocenters. The van der Waals surface area contributed by atoms with Crippen molar-refractivity contribution >= 4 is 7.52 Å². The molecule has 120 valence electrons. The second-order valence-electron chi connectivity index (χ2n) is 3.67. The minimum atomic E-state index is -2.91. The molecular weight excluding hydrogens is 285 g/mol. The lowest BCUT2D eigenvalue weighted by molar-refractivity contribution is 0.00854. The summed E-state index contributed by atoms with van der Waals surface area (Å²) in [5.74, 6) is 1.30. The summed E-state index contributed by atoms with van der Waals surface area (Å²) in [7, 11) is -2.91. The molecule has 2 N–H and O–H groups in total. The van der Waals surface area contributed by atoms with Gasteiger partial charge >= 0.3 is 0 Å². The lowest BCUT2D eigenvalue weighted by Crippen LogP contribution is -2.19. The highest BCUT2D eigenvalue weighted by atomic mass is 31.2. The summed E-state index contributed by atoms with van der Waals surface area (Å²) >= 11 is 0. The highest BCUT2D eigenvalue weighted by molar-refractivity contribution is 7.60. The van der Waals surface area contributed by atoms with Crippen molar-refractivity contribution in [3.63, 3.8) is 0 Å². The summed E-state index contributed by atoms with van der Waals surface area (Å²) in [4.78, 5) is 0. The Morgan fingerprint density at radius 1 is 1.10 bits per heavy atom. The summed E-state index contributed by atoms with van der Waals surface area (Å²) in [5.41, 5.74) is 0. The molecule has 0 saturated heterocycles. The van der Waals surface area contributed by atoms with Gasteiger partial charge in [-0.25, -0.2) is 5.09 Å². The maximum Gasteiger partial charge on any atom is 0.292 e. The van der Waals surface area contributed by atoms with Gasteiger partial charge in [-0.2, -0.15) is 0 Å². The van der Waals surface area contributed by atoms with Crippen LogP contribution in [-0.4, -0.2) is 64.5 Å². The van der Waals surface area contributed by atoms with Crippen molar-refractivity contribution in [3.8, 4) is 0 Å². The van der Waals surface area contributed by atoms with Crippen LogP contribution < -0.4 is 5.09 Å². The van der Waals surface area contributed by atoms with Crippen LogP contribution in [0.4, 0.5) is 0 Å². The van der Waals surface area contributed by atoms with Gasteiger partial charge < -0.3 is 23.8 Å². The van der Waals surface area contributed by atoms with Crippen LogP contribution in [0.2, 0.25) is 0 Å². The Labute approximate surface area is 120 Å². The minimum Gasteiger partial charge on any atom is -0.394 e. The first kappa shape index (κ1) is 19.7. The zero-order valence-corrected chi connectivity index (χ0v) is 13.0. The molecule has 1 atom stereocenters. The first-order chi connectivity index (χ1) is 9.68. The van der Waals surface area contributed by atoms with Crippen molar-refractivity contribution in [1.82, 2.24) is 5.09 Å². The Hall–Kier alpha value is -0.270. The van der Waals surface area contributed by atoms with Crippen LogP contribution in [0.25, 0.3) is 0 Å². The minimum absolute atomic E-state index is 0.0203. The fraction of sp³-hybridized carbons (Fsp3) is 0.833. The molecule has 0 aliphatic rings. The SMILES string of the molecule is C=CP(=O)(NCCOCCOCCOCCO)OCC. The molecule has 0 saturated carbocycles. The Bertz CT molecular complexity index is 277. The summed E-state index contributed by atoms with van der Waals surface area (Å²) in [5, 5.41) is 11.2. The van der Waals surface area contributed by atoms with Gasteiger partial charge in [0, 0.05) is 12.4 Å². The van der Waals surface area contributed by atoms with E-state index in [9.17, 15) is 4.57 Å². The molecule has 0 heterocycles. The van der Waals surface area contributed by atoms with E-state index in [2.05, 4.69) is 11.7 Å². The van der Waals surface area contributed by atoms with Crippen LogP contribution in [0, 0.1) is 0 Å². The molecule has 0 rings (SSSR count). The quantitative estimate of drug-likeness (QED) is 0.344. The Balaban J connectivity index is 3.32. The Morgan fingerprint density at radius 3 is 2.15 bits per heavy atom. The molecule has 0 aliphatic carbocycles. The van der Waals surface area contributed by atoms with E-state index in [1.807, 2.05) is 0 Å². The molecular formula is C12H26NO6P. The largest absolute Gasteiger partial charge is 0.394 e. The highest BCUT2D eigenvalue weighted by Gasteiger charge is 2.15. The standard InChI is InChI=1S/C12H26NO6P/c1-3-19-20(15,4-2)13-5-7-16-9-11-18-12-10-17-8-6-14/h4,14H,2-3,5-12H2,1H3,(H,13,15). The molecule has 0 fully saturated rings. The number of ether oxygens (including phenoxy) is 3. The van der Waals surface area contributed by atoms with E-state index in [0.717, 1.165) is 0 Å². The fourth-order valence-electron chi connectivity index (χ4n) is 1.23. The first-order valence-electron chi connectivity index (χ1n) is 6.65. The van der Waals surface area contributed by atoms with E-state index in [1.165, 1.54) is 5.82 Å². The maximum absolute atomic E-state index is 11.9. The van der Waals surface area contributed by atoms with Crippen molar-refractivity contribution in [2.75, 3.05) is 59.4 Å². The predicted octanol–water partition coefficient (Wildman–Crippen LogP) is 0.991. The smallest absolute Gasteiger partial charge is 0.292 e. The van der Waals surface area contributed by atoms with E-state index in [4.69, 9.17) is 23.8 Å². The summed E-state index contributed by atoms with van der Waals surface area (Å²) in [6.07, 6.45) is 0. The summed E-state index contributed by atoms with van der Waals surface area (Å²) in [6, 6.07) is 0. The Morgan fingerprint density at radius 2 is 1.65 bits per heavy atom. The normalized spacial score (nSPS) is 14.1. The van der Waals surface area contributed by atoms with Gasteiger partial charge in [0.1, 0.15) is 0 Å². The van der Waals surface area contributed by atoms with Crippen LogP contribution in [0.15, 0.2) is 12.4 Å². The lowest BCUT2D eigenvalue weighted by Gasteiger charge is -2.14. The van der Waals surface area contributed by atoms with Crippen molar-refractivity contribution in [1.29, 1.82) is 0 Å². The maximum atomic E-state index is 11.9. The van der Waals surface area contributed by atoms with Crippen molar-refractivity contribution in [2.45, 2.75) is 6.92 Å². The first-order valence-corrected chi connectivity index (χ1v) is 8.35. The number of hydrogen-bond acceptors (Lipinski definition) is 6. The zero-order valence-electron chi connectivity index (χ0n) is 12.1. The van der Waals surface area contributed by atoms with Gasteiger partial charge in [-0.3, -0.25) is 4.57 Å². The second-order valence-corrected chi connectivity index (χ2v) is 5.80. The van der Waals surface area contributed by atoms with E-state index in [-0.39, 0.29) is 6.61 Å². The number of aliphatic hydroxyl groups excluding tert-OH is 1. The third kappa shape index (κ3) is 11.5. The van der Waals surface area contributed by atoms with Gasteiger partial charge in [-0.1, -0.05) is 6.58 Å². The van der Waals surface area contributed by atoms with E-state index in [1.54, 1.807) is 6.92 Å². The molecule has 0 aliphatic heterocycles. The van der Waals surface area contributed by atoms with Crippen LogP contribution in [-0.2, 0) is 23.3 Å².